The Morgan fingerprint density at radius 3 is 2.06 bits per heavy atom. The molecule has 0 spiro atoms. The Hall–Kier alpha value is -4.47. The summed E-state index contributed by atoms with van der Waals surface area (Å²) in [7, 11) is 1.55. The van der Waals surface area contributed by atoms with E-state index in [1.807, 2.05) is 0 Å². The van der Waals surface area contributed by atoms with Gasteiger partial charge in [-0.2, -0.15) is 0 Å². The number of carbonyl (C=O) groups excluding carboxylic acids is 5. The number of amides is 6. The summed E-state index contributed by atoms with van der Waals surface area (Å²) in [6, 6.07) is 12.0. The second-order valence-electron chi connectivity index (χ2n) is 6.69. The van der Waals surface area contributed by atoms with Gasteiger partial charge < -0.3 is 15.4 Å². The normalized spacial score (nSPS) is 13.2. The van der Waals surface area contributed by atoms with E-state index in [0.29, 0.717) is 32.5 Å². The Kier molecular flexibility index (Phi) is 6.64. The number of rotatable bonds is 8. The third kappa shape index (κ3) is 4.81. The number of carbonyl (C=O) groups is 5. The van der Waals surface area contributed by atoms with Gasteiger partial charge in [-0.1, -0.05) is 6.08 Å². The molecule has 164 valence electrons. The Morgan fingerprint density at radius 1 is 0.906 bits per heavy atom. The Morgan fingerprint density at radius 2 is 1.47 bits per heavy atom. The zero-order chi connectivity index (χ0) is 23.3. The van der Waals surface area contributed by atoms with Crippen molar-refractivity contribution in [2.45, 2.75) is 0 Å². The SMILES string of the molecule is C=CCN1C(=O)C(=O)N(CC(=O)Nc2ccc(C(=O)Nc3ccc(OC)cc3)cc2)C1=O. The van der Waals surface area contributed by atoms with Crippen LogP contribution in [0.1, 0.15) is 10.4 Å². The van der Waals surface area contributed by atoms with E-state index < -0.39 is 30.3 Å². The molecule has 0 bridgehead atoms. The lowest BCUT2D eigenvalue weighted by Gasteiger charge is -2.14. The highest BCUT2D eigenvalue weighted by Crippen LogP contribution is 2.17. The molecule has 1 aliphatic heterocycles. The zero-order valence-corrected chi connectivity index (χ0v) is 17.2. The van der Waals surface area contributed by atoms with Crippen LogP contribution in [0, 0.1) is 0 Å². The Bertz CT molecular complexity index is 1080. The first-order valence-electron chi connectivity index (χ1n) is 9.47. The first-order valence-corrected chi connectivity index (χ1v) is 9.47. The van der Waals surface area contributed by atoms with Gasteiger partial charge in [0.1, 0.15) is 12.3 Å². The summed E-state index contributed by atoms with van der Waals surface area (Å²) in [6.45, 7) is 2.68. The van der Waals surface area contributed by atoms with Crippen LogP contribution in [-0.4, -0.2) is 59.7 Å². The number of methoxy groups -OCH3 is 1. The van der Waals surface area contributed by atoms with Gasteiger partial charge in [0.2, 0.25) is 5.91 Å². The highest BCUT2D eigenvalue weighted by Gasteiger charge is 2.44. The summed E-state index contributed by atoms with van der Waals surface area (Å²) in [5.41, 5.74) is 1.30. The van der Waals surface area contributed by atoms with E-state index in [0.717, 1.165) is 0 Å². The predicted octanol–water partition coefficient (Wildman–Crippen LogP) is 1.86. The summed E-state index contributed by atoms with van der Waals surface area (Å²) in [4.78, 5) is 61.8. The molecule has 2 N–H and O–H groups in total. The first-order chi connectivity index (χ1) is 15.3. The van der Waals surface area contributed by atoms with Crippen molar-refractivity contribution in [1.82, 2.24) is 9.80 Å². The molecule has 10 heteroatoms. The smallest absolute Gasteiger partial charge is 0.335 e. The second kappa shape index (κ2) is 9.56. The number of urea groups is 1. The largest absolute Gasteiger partial charge is 0.497 e. The van der Waals surface area contributed by atoms with Crippen LogP contribution in [0.5, 0.6) is 5.75 Å². The molecule has 1 aliphatic rings. The van der Waals surface area contributed by atoms with Gasteiger partial charge in [-0.15, -0.1) is 6.58 Å². The summed E-state index contributed by atoms with van der Waals surface area (Å²) < 4.78 is 5.07. The van der Waals surface area contributed by atoms with Crippen LogP contribution in [0.3, 0.4) is 0 Å². The van der Waals surface area contributed by atoms with Crippen molar-refractivity contribution >= 4 is 41.0 Å². The molecule has 10 nitrogen and oxygen atoms in total. The molecule has 0 aromatic heterocycles. The molecule has 2 aromatic carbocycles. The molecule has 0 radical (unpaired) electrons. The van der Waals surface area contributed by atoms with E-state index in [1.165, 1.54) is 30.3 Å². The van der Waals surface area contributed by atoms with Crippen LogP contribution < -0.4 is 15.4 Å². The van der Waals surface area contributed by atoms with Gasteiger partial charge in [0.05, 0.1) is 7.11 Å². The van der Waals surface area contributed by atoms with Crippen molar-refractivity contribution in [2.24, 2.45) is 0 Å². The highest BCUT2D eigenvalue weighted by molar-refractivity contribution is 6.45. The van der Waals surface area contributed by atoms with E-state index >= 15 is 0 Å². The molecule has 1 heterocycles. The van der Waals surface area contributed by atoms with Gasteiger partial charge in [0.25, 0.3) is 5.91 Å². The molecular weight excluding hydrogens is 416 g/mol. The van der Waals surface area contributed by atoms with Crippen molar-refractivity contribution in [3.05, 3.63) is 66.7 Å². The van der Waals surface area contributed by atoms with E-state index in [4.69, 9.17) is 4.74 Å². The minimum Gasteiger partial charge on any atom is -0.497 e. The lowest BCUT2D eigenvalue weighted by atomic mass is 10.2. The highest BCUT2D eigenvalue weighted by atomic mass is 16.5. The van der Waals surface area contributed by atoms with E-state index in [9.17, 15) is 24.0 Å². The number of hydrogen-bond donors (Lipinski definition) is 2. The van der Waals surface area contributed by atoms with Crippen LogP contribution in [0.2, 0.25) is 0 Å². The fourth-order valence-corrected chi connectivity index (χ4v) is 2.91. The van der Waals surface area contributed by atoms with Crippen molar-refractivity contribution in [3.8, 4) is 5.75 Å². The van der Waals surface area contributed by atoms with Gasteiger partial charge >= 0.3 is 17.8 Å². The summed E-state index contributed by atoms with van der Waals surface area (Å²) in [5, 5.41) is 5.26. The molecule has 0 unspecified atom stereocenters. The number of anilines is 2. The van der Waals surface area contributed by atoms with E-state index in [-0.39, 0.29) is 12.5 Å². The van der Waals surface area contributed by atoms with Crippen molar-refractivity contribution in [2.75, 3.05) is 30.8 Å². The quantitative estimate of drug-likeness (QED) is 0.370. The summed E-state index contributed by atoms with van der Waals surface area (Å²) in [6.07, 6.45) is 1.30. The monoisotopic (exact) mass is 436 g/mol. The lowest BCUT2D eigenvalue weighted by Crippen LogP contribution is -2.39. The predicted molar refractivity (Wildman–Crippen MR) is 115 cm³/mol. The zero-order valence-electron chi connectivity index (χ0n) is 17.2. The fraction of sp³-hybridized carbons (Fsp3) is 0.136. The minimum atomic E-state index is -1.07. The van der Waals surface area contributed by atoms with E-state index in [1.54, 1.807) is 31.4 Å². The molecule has 3 rings (SSSR count). The molecule has 0 atom stereocenters. The fourth-order valence-electron chi connectivity index (χ4n) is 2.91. The van der Waals surface area contributed by atoms with Gasteiger partial charge in [-0.05, 0) is 48.5 Å². The maximum absolute atomic E-state index is 12.4. The van der Waals surface area contributed by atoms with Crippen LogP contribution in [-0.2, 0) is 14.4 Å². The summed E-state index contributed by atoms with van der Waals surface area (Å²) >= 11 is 0. The summed E-state index contributed by atoms with van der Waals surface area (Å²) in [5.74, 6) is -2.43. The van der Waals surface area contributed by atoms with Gasteiger partial charge in [-0.3, -0.25) is 24.1 Å². The minimum absolute atomic E-state index is 0.123. The average Bonchev–Trinajstić information content (AvgIpc) is 2.98. The topological polar surface area (TPSA) is 125 Å². The molecule has 6 amide bonds. The maximum atomic E-state index is 12.4. The van der Waals surface area contributed by atoms with Crippen LogP contribution >= 0.6 is 0 Å². The molecule has 1 fully saturated rings. The van der Waals surface area contributed by atoms with Crippen LogP contribution in [0.15, 0.2) is 61.2 Å². The van der Waals surface area contributed by atoms with E-state index in [2.05, 4.69) is 17.2 Å². The van der Waals surface area contributed by atoms with Gasteiger partial charge in [0.15, 0.2) is 0 Å². The third-order valence-electron chi connectivity index (χ3n) is 4.53. The van der Waals surface area contributed by atoms with Crippen LogP contribution in [0.4, 0.5) is 16.2 Å². The third-order valence-corrected chi connectivity index (χ3v) is 4.53. The van der Waals surface area contributed by atoms with Crippen molar-refractivity contribution < 1.29 is 28.7 Å². The first kappa shape index (κ1) is 22.2. The molecule has 2 aromatic rings. The lowest BCUT2D eigenvalue weighted by molar-refractivity contribution is -0.143. The van der Waals surface area contributed by atoms with Gasteiger partial charge in [-0.25, -0.2) is 9.69 Å². The maximum Gasteiger partial charge on any atom is 0.335 e. The number of benzene rings is 2. The number of imide groups is 2. The second-order valence-corrected chi connectivity index (χ2v) is 6.69. The molecular formula is C22H20N4O6. The van der Waals surface area contributed by atoms with Crippen LogP contribution in [0.25, 0.3) is 0 Å². The van der Waals surface area contributed by atoms with Gasteiger partial charge in [0, 0.05) is 23.5 Å². The number of hydrogen-bond acceptors (Lipinski definition) is 6. The molecule has 0 aliphatic carbocycles. The number of nitrogens with zero attached hydrogens (tertiary/aromatic N) is 2. The average molecular weight is 436 g/mol. The Balaban J connectivity index is 1.58. The molecule has 32 heavy (non-hydrogen) atoms. The van der Waals surface area contributed by atoms with Crippen molar-refractivity contribution in [1.29, 1.82) is 0 Å². The molecule has 1 saturated heterocycles. The van der Waals surface area contributed by atoms with Crippen molar-refractivity contribution in [3.63, 3.8) is 0 Å². The standard InChI is InChI=1S/C22H20N4O6/c1-3-12-25-20(29)21(30)26(22(25)31)13-18(27)23-15-6-4-14(5-7-15)19(28)24-16-8-10-17(32-2)11-9-16/h3-11H,1,12-13H2,2H3,(H,23,27)(H,24,28). The number of nitrogens with one attached hydrogen (secondary N) is 2. The molecule has 0 saturated carbocycles. The Labute approximate surface area is 183 Å². The number of ether oxygens (including phenoxy) is 1.